The van der Waals surface area contributed by atoms with Crippen molar-refractivity contribution in [3.63, 3.8) is 0 Å². The molecule has 0 radical (unpaired) electrons. The second-order valence-corrected chi connectivity index (χ2v) is 11.5. The molecule has 196 valence electrons. The molecule has 1 amide bonds. The summed E-state index contributed by atoms with van der Waals surface area (Å²) < 4.78 is 13.0. The zero-order valence-corrected chi connectivity index (χ0v) is 22.9. The van der Waals surface area contributed by atoms with Gasteiger partial charge in [-0.3, -0.25) is 9.59 Å². The van der Waals surface area contributed by atoms with Gasteiger partial charge in [-0.15, -0.1) is 0 Å². The second kappa shape index (κ2) is 9.33. The number of carbonyl (C=O) groups is 2. The Labute approximate surface area is 219 Å². The molecule has 7 heteroatoms. The van der Waals surface area contributed by atoms with Crippen molar-refractivity contribution in [1.29, 1.82) is 5.26 Å². The first-order chi connectivity index (χ1) is 17.5. The van der Waals surface area contributed by atoms with Crippen molar-refractivity contribution in [1.82, 2.24) is 9.80 Å². The van der Waals surface area contributed by atoms with Crippen LogP contribution in [0.25, 0.3) is 0 Å². The first-order valence-corrected chi connectivity index (χ1v) is 13.4. The fourth-order valence-electron chi connectivity index (χ4n) is 6.62. The minimum atomic E-state index is -0.858. The number of rotatable bonds is 4. The summed E-state index contributed by atoms with van der Waals surface area (Å²) in [5.41, 5.74) is 5.06. The standard InChI is InChI=1S/C30H37N3O4/c1-17-13-18(2)24(25(34)14-17)16-33-12-11-22-23(15-31)28-27(19(3)26(22)29(33)35)36-30(4,37-28)20-7-9-21(10-8-20)32(5)6/h13,20-21H,7-12,14,16H2,1-6H3. The van der Waals surface area contributed by atoms with Crippen LogP contribution in [0, 0.1) is 24.2 Å². The van der Waals surface area contributed by atoms with Gasteiger partial charge in [-0.2, -0.15) is 5.26 Å². The summed E-state index contributed by atoms with van der Waals surface area (Å²) in [5.74, 6) is 0.278. The minimum Gasteiger partial charge on any atom is -0.448 e. The van der Waals surface area contributed by atoms with E-state index in [1.165, 1.54) is 0 Å². The maximum Gasteiger partial charge on any atom is 0.254 e. The Hall–Kier alpha value is -3.11. The molecule has 1 saturated carbocycles. The van der Waals surface area contributed by atoms with Gasteiger partial charge in [-0.05, 0) is 78.1 Å². The van der Waals surface area contributed by atoms with Gasteiger partial charge < -0.3 is 19.3 Å². The van der Waals surface area contributed by atoms with Crippen LogP contribution in [0.2, 0.25) is 0 Å². The van der Waals surface area contributed by atoms with Gasteiger partial charge in [0.05, 0.1) is 5.56 Å². The highest BCUT2D eigenvalue weighted by Crippen LogP contribution is 2.52. The number of benzene rings is 1. The quantitative estimate of drug-likeness (QED) is 0.592. The average molecular weight is 504 g/mol. The first-order valence-electron chi connectivity index (χ1n) is 13.4. The van der Waals surface area contributed by atoms with E-state index < -0.39 is 5.79 Å². The Balaban J connectivity index is 1.45. The predicted molar refractivity (Wildman–Crippen MR) is 141 cm³/mol. The van der Waals surface area contributed by atoms with Crippen molar-refractivity contribution in [3.05, 3.63) is 45.0 Å². The minimum absolute atomic E-state index is 0.0796. The molecule has 37 heavy (non-hydrogen) atoms. The molecule has 2 aliphatic heterocycles. The van der Waals surface area contributed by atoms with E-state index in [1.807, 2.05) is 33.8 Å². The fraction of sp³-hybridized carbons (Fsp3) is 0.567. The van der Waals surface area contributed by atoms with E-state index >= 15 is 0 Å². The number of amides is 1. The maximum atomic E-state index is 13.8. The third-order valence-corrected chi connectivity index (χ3v) is 8.84. The van der Waals surface area contributed by atoms with Crippen molar-refractivity contribution < 1.29 is 19.1 Å². The number of nitriles is 1. The van der Waals surface area contributed by atoms with Crippen LogP contribution >= 0.6 is 0 Å². The largest absolute Gasteiger partial charge is 0.448 e. The lowest BCUT2D eigenvalue weighted by atomic mass is 9.81. The van der Waals surface area contributed by atoms with Gasteiger partial charge in [0.25, 0.3) is 11.7 Å². The topological polar surface area (TPSA) is 82.9 Å². The van der Waals surface area contributed by atoms with E-state index in [2.05, 4.69) is 25.1 Å². The van der Waals surface area contributed by atoms with Crippen LogP contribution in [0.1, 0.15) is 79.9 Å². The Morgan fingerprint density at radius 3 is 2.41 bits per heavy atom. The van der Waals surface area contributed by atoms with Gasteiger partial charge in [-0.1, -0.05) is 11.6 Å². The zero-order valence-electron chi connectivity index (χ0n) is 22.9. The molecule has 0 spiro atoms. The Kier molecular flexibility index (Phi) is 6.44. The smallest absolute Gasteiger partial charge is 0.254 e. The van der Waals surface area contributed by atoms with Gasteiger partial charge >= 0.3 is 0 Å². The first kappa shape index (κ1) is 25.5. The fourth-order valence-corrected chi connectivity index (χ4v) is 6.62. The third kappa shape index (κ3) is 4.25. The number of Topliss-reactive ketones (excluding diaryl/α,β-unsaturated/α-hetero) is 1. The summed E-state index contributed by atoms with van der Waals surface area (Å²) in [7, 11) is 4.25. The van der Waals surface area contributed by atoms with Crippen LogP contribution in [0.15, 0.2) is 22.8 Å². The van der Waals surface area contributed by atoms with Crippen molar-refractivity contribution in [3.8, 4) is 17.6 Å². The van der Waals surface area contributed by atoms with Crippen LogP contribution in [-0.2, 0) is 11.2 Å². The van der Waals surface area contributed by atoms with Gasteiger partial charge in [0.2, 0.25) is 0 Å². The SMILES string of the molecule is CC1=CC(C)=C(CN2CCc3c(C#N)c4c(c(C)c3C2=O)OC(C)(C2CCC(N(C)C)CC2)O4)C(=O)C1. The van der Waals surface area contributed by atoms with E-state index in [0.717, 1.165) is 48.0 Å². The van der Waals surface area contributed by atoms with Gasteiger partial charge in [0.15, 0.2) is 17.3 Å². The highest BCUT2D eigenvalue weighted by Gasteiger charge is 2.49. The molecular weight excluding hydrogens is 466 g/mol. The number of ether oxygens (including phenoxy) is 2. The van der Waals surface area contributed by atoms with E-state index in [4.69, 9.17) is 9.47 Å². The molecule has 0 aromatic heterocycles. The van der Waals surface area contributed by atoms with Crippen molar-refractivity contribution in [2.24, 2.45) is 5.92 Å². The molecule has 2 aliphatic carbocycles. The second-order valence-electron chi connectivity index (χ2n) is 11.5. The lowest BCUT2D eigenvalue weighted by Gasteiger charge is -2.39. The molecule has 7 nitrogen and oxygen atoms in total. The zero-order chi connectivity index (χ0) is 26.6. The van der Waals surface area contributed by atoms with Crippen molar-refractivity contribution in [2.75, 3.05) is 27.2 Å². The van der Waals surface area contributed by atoms with E-state index in [1.54, 1.807) is 4.90 Å². The van der Waals surface area contributed by atoms with Crippen LogP contribution < -0.4 is 9.47 Å². The van der Waals surface area contributed by atoms with Crippen LogP contribution in [0.5, 0.6) is 11.5 Å². The van der Waals surface area contributed by atoms with Crippen molar-refractivity contribution in [2.45, 2.75) is 78.0 Å². The monoisotopic (exact) mass is 503 g/mol. The average Bonchev–Trinajstić information content (AvgIpc) is 3.21. The number of ketones is 1. The molecular formula is C30H37N3O4. The van der Waals surface area contributed by atoms with Gasteiger partial charge in [0.1, 0.15) is 11.6 Å². The summed E-state index contributed by atoms with van der Waals surface area (Å²) in [4.78, 5) is 30.5. The third-order valence-electron chi connectivity index (χ3n) is 8.84. The highest BCUT2D eigenvalue weighted by molar-refractivity contribution is 6.03. The van der Waals surface area contributed by atoms with Gasteiger partial charge in [-0.25, -0.2) is 0 Å². The summed E-state index contributed by atoms with van der Waals surface area (Å²) in [6.07, 6.45) is 7.09. The summed E-state index contributed by atoms with van der Waals surface area (Å²) in [5, 5.41) is 10.2. The summed E-state index contributed by atoms with van der Waals surface area (Å²) in [6.45, 7) is 8.49. The number of hydrogen-bond acceptors (Lipinski definition) is 6. The lowest BCUT2D eigenvalue weighted by Crippen LogP contribution is -2.46. The Morgan fingerprint density at radius 1 is 1.11 bits per heavy atom. The molecule has 1 unspecified atom stereocenters. The highest BCUT2D eigenvalue weighted by atomic mass is 16.7. The molecule has 1 atom stereocenters. The Bertz CT molecular complexity index is 1280. The number of fused-ring (bicyclic) bond motifs is 2. The van der Waals surface area contributed by atoms with E-state index in [0.29, 0.717) is 53.6 Å². The van der Waals surface area contributed by atoms with Crippen LogP contribution in [-0.4, -0.2) is 60.5 Å². The number of nitrogens with zero attached hydrogens (tertiary/aromatic N) is 3. The van der Waals surface area contributed by atoms with E-state index in [-0.39, 0.29) is 24.2 Å². The molecule has 1 aromatic carbocycles. The molecule has 0 saturated heterocycles. The molecule has 0 bridgehead atoms. The normalized spacial score (nSPS) is 27.4. The number of hydrogen-bond donors (Lipinski definition) is 0. The number of carbonyl (C=O) groups excluding carboxylic acids is 2. The lowest BCUT2D eigenvalue weighted by molar-refractivity contribution is -0.123. The summed E-state index contributed by atoms with van der Waals surface area (Å²) >= 11 is 0. The molecule has 2 heterocycles. The van der Waals surface area contributed by atoms with Crippen molar-refractivity contribution >= 4 is 11.7 Å². The predicted octanol–water partition coefficient (Wildman–Crippen LogP) is 4.71. The number of allylic oxidation sites excluding steroid dienone is 3. The van der Waals surface area contributed by atoms with Gasteiger partial charge in [0, 0.05) is 49.5 Å². The van der Waals surface area contributed by atoms with E-state index in [9.17, 15) is 14.9 Å². The van der Waals surface area contributed by atoms with Crippen LogP contribution in [0.3, 0.4) is 0 Å². The maximum absolute atomic E-state index is 13.8. The molecule has 5 rings (SSSR count). The Morgan fingerprint density at radius 2 is 1.78 bits per heavy atom. The molecule has 1 aromatic rings. The molecule has 4 aliphatic rings. The molecule has 1 fully saturated rings. The summed E-state index contributed by atoms with van der Waals surface area (Å²) in [6, 6.07) is 2.89. The van der Waals surface area contributed by atoms with Crippen LogP contribution in [0.4, 0.5) is 0 Å². The molecule has 0 N–H and O–H groups in total.